The van der Waals surface area contributed by atoms with Crippen LogP contribution in [-0.4, -0.2) is 73.1 Å². The predicted octanol–water partition coefficient (Wildman–Crippen LogP) is -2.37. The molecule has 0 radical (unpaired) electrons. The van der Waals surface area contributed by atoms with E-state index in [-0.39, 0.29) is 44.0 Å². The number of nitrogens with zero attached hydrogens (tertiary/aromatic N) is 1. The SMILES string of the molecule is NC(=NCC1CO1)C1(C(=O)O)CC2C(=O)NC(=O)C2CC1C(=O)NCC1CO1. The number of fused-ring (bicyclic) bond motifs is 1. The summed E-state index contributed by atoms with van der Waals surface area (Å²) in [5.74, 6) is -5.86. The quantitative estimate of drug-likeness (QED) is 0.160. The van der Waals surface area contributed by atoms with Gasteiger partial charge < -0.3 is 25.6 Å². The first-order valence-corrected chi connectivity index (χ1v) is 9.22. The standard InChI is InChI=1S/C17H22N4O7/c18-15(20-4-8-6-28-8)17(16(25)26)2-10-9(12(22)21-13(10)23)1-11(17)14(24)19-3-7-5-27-7/h7-11H,1-6H2,(H2,18,20)(H,19,24)(H,25,26)(H,21,22,23). The minimum atomic E-state index is -1.87. The van der Waals surface area contributed by atoms with Gasteiger partial charge in [0.25, 0.3) is 0 Å². The second kappa shape index (κ2) is 6.82. The predicted molar refractivity (Wildman–Crippen MR) is 91.9 cm³/mol. The lowest BCUT2D eigenvalue weighted by Gasteiger charge is -2.42. The zero-order chi connectivity index (χ0) is 20.1. The molecule has 6 atom stereocenters. The number of carbonyl (C=O) groups excluding carboxylic acids is 3. The van der Waals surface area contributed by atoms with Crippen LogP contribution in [-0.2, 0) is 28.7 Å². The Morgan fingerprint density at radius 2 is 1.86 bits per heavy atom. The highest BCUT2D eigenvalue weighted by molar-refractivity contribution is 6.11. The number of carboxylic acids is 1. The van der Waals surface area contributed by atoms with Crippen molar-refractivity contribution in [3.8, 4) is 0 Å². The molecule has 0 aromatic rings. The largest absolute Gasteiger partial charge is 0.480 e. The molecule has 11 heteroatoms. The van der Waals surface area contributed by atoms with Crippen molar-refractivity contribution in [2.75, 3.05) is 26.3 Å². The highest BCUT2D eigenvalue weighted by Gasteiger charge is 2.62. The third-order valence-electron chi connectivity index (χ3n) is 5.96. The third kappa shape index (κ3) is 3.24. The molecule has 3 saturated heterocycles. The fourth-order valence-electron chi connectivity index (χ4n) is 4.12. The van der Waals surface area contributed by atoms with E-state index in [9.17, 15) is 24.3 Å². The van der Waals surface area contributed by atoms with Gasteiger partial charge >= 0.3 is 5.97 Å². The van der Waals surface area contributed by atoms with Gasteiger partial charge in [-0.15, -0.1) is 0 Å². The van der Waals surface area contributed by atoms with Crippen LogP contribution in [0, 0.1) is 23.2 Å². The average molecular weight is 394 g/mol. The number of nitrogens with two attached hydrogens (primary N) is 1. The Bertz CT molecular complexity index is 761. The van der Waals surface area contributed by atoms with Crippen molar-refractivity contribution in [2.45, 2.75) is 25.0 Å². The van der Waals surface area contributed by atoms with Crippen molar-refractivity contribution in [1.82, 2.24) is 10.6 Å². The average Bonchev–Trinajstić information content (AvgIpc) is 3.57. The lowest BCUT2D eigenvalue weighted by Crippen LogP contribution is -2.59. The maximum absolute atomic E-state index is 12.9. The fourth-order valence-corrected chi connectivity index (χ4v) is 4.12. The van der Waals surface area contributed by atoms with Crippen LogP contribution in [0.4, 0.5) is 0 Å². The van der Waals surface area contributed by atoms with Gasteiger partial charge in [-0.1, -0.05) is 0 Å². The van der Waals surface area contributed by atoms with Gasteiger partial charge in [0.05, 0.1) is 43.6 Å². The summed E-state index contributed by atoms with van der Waals surface area (Å²) in [6, 6.07) is 0. The highest BCUT2D eigenvalue weighted by atomic mass is 16.6. The van der Waals surface area contributed by atoms with E-state index in [4.69, 9.17) is 15.2 Å². The van der Waals surface area contributed by atoms with Crippen LogP contribution in [0.3, 0.4) is 0 Å². The molecule has 3 heterocycles. The molecule has 3 aliphatic heterocycles. The Kier molecular flexibility index (Phi) is 4.58. The van der Waals surface area contributed by atoms with Crippen LogP contribution in [0.15, 0.2) is 4.99 Å². The number of aliphatic imine (C=N–C) groups is 1. The van der Waals surface area contributed by atoms with Crippen LogP contribution in [0.2, 0.25) is 0 Å². The molecule has 152 valence electrons. The molecular weight excluding hydrogens is 372 g/mol. The fraction of sp³-hybridized carbons (Fsp3) is 0.706. The van der Waals surface area contributed by atoms with Crippen molar-refractivity contribution < 1.29 is 33.8 Å². The number of carboxylic acid groups (broad SMARTS) is 1. The number of amides is 3. The first-order chi connectivity index (χ1) is 13.3. The van der Waals surface area contributed by atoms with Crippen molar-refractivity contribution in [1.29, 1.82) is 0 Å². The molecule has 0 spiro atoms. The summed E-state index contributed by atoms with van der Waals surface area (Å²) < 4.78 is 10.1. The van der Waals surface area contributed by atoms with Crippen molar-refractivity contribution in [2.24, 2.45) is 33.9 Å². The van der Waals surface area contributed by atoms with E-state index < -0.39 is 46.9 Å². The van der Waals surface area contributed by atoms with Crippen LogP contribution in [0.25, 0.3) is 0 Å². The lowest BCUT2D eigenvalue weighted by atomic mass is 9.58. The van der Waals surface area contributed by atoms with Gasteiger partial charge in [0.15, 0.2) is 0 Å². The monoisotopic (exact) mass is 394 g/mol. The minimum Gasteiger partial charge on any atom is -0.480 e. The number of aliphatic carboxylic acids is 1. The van der Waals surface area contributed by atoms with E-state index >= 15 is 0 Å². The Morgan fingerprint density at radius 3 is 2.46 bits per heavy atom. The van der Waals surface area contributed by atoms with E-state index in [0.29, 0.717) is 13.2 Å². The number of rotatable bonds is 7. The number of imide groups is 1. The summed E-state index contributed by atoms with van der Waals surface area (Å²) in [5.41, 5.74) is 4.24. The number of nitrogens with one attached hydrogen (secondary N) is 2. The molecule has 5 N–H and O–H groups in total. The van der Waals surface area contributed by atoms with Gasteiger partial charge in [0, 0.05) is 6.54 Å². The lowest BCUT2D eigenvalue weighted by molar-refractivity contribution is -0.157. The third-order valence-corrected chi connectivity index (χ3v) is 5.96. The van der Waals surface area contributed by atoms with Crippen molar-refractivity contribution in [3.05, 3.63) is 0 Å². The van der Waals surface area contributed by atoms with Crippen molar-refractivity contribution >= 4 is 29.5 Å². The van der Waals surface area contributed by atoms with Gasteiger partial charge in [-0.2, -0.15) is 0 Å². The second-order valence-electron chi connectivity index (χ2n) is 7.72. The molecule has 0 aromatic carbocycles. The molecule has 4 fully saturated rings. The van der Waals surface area contributed by atoms with Gasteiger partial charge in [-0.25, -0.2) is 0 Å². The summed E-state index contributed by atoms with van der Waals surface area (Å²) in [6.07, 6.45) is -0.559. The second-order valence-corrected chi connectivity index (χ2v) is 7.72. The van der Waals surface area contributed by atoms with E-state index in [2.05, 4.69) is 15.6 Å². The molecule has 3 amide bonds. The molecule has 4 aliphatic rings. The summed E-state index contributed by atoms with van der Waals surface area (Å²) in [6.45, 7) is 1.48. The molecule has 6 unspecified atom stereocenters. The Hall–Kier alpha value is -2.53. The molecule has 0 bridgehead atoms. The summed E-state index contributed by atoms with van der Waals surface area (Å²) >= 11 is 0. The maximum atomic E-state index is 12.9. The normalized spacial score (nSPS) is 39.1. The zero-order valence-electron chi connectivity index (χ0n) is 15.1. The number of hydrogen-bond acceptors (Lipinski definition) is 7. The molecule has 1 saturated carbocycles. The van der Waals surface area contributed by atoms with Gasteiger partial charge in [0.1, 0.15) is 17.4 Å². The van der Waals surface area contributed by atoms with Gasteiger partial charge in [-0.3, -0.25) is 29.5 Å². The van der Waals surface area contributed by atoms with Crippen LogP contribution < -0.4 is 16.4 Å². The van der Waals surface area contributed by atoms with E-state index in [0.717, 1.165) is 0 Å². The van der Waals surface area contributed by atoms with E-state index in [1.54, 1.807) is 0 Å². The maximum Gasteiger partial charge on any atom is 0.318 e. The van der Waals surface area contributed by atoms with Crippen LogP contribution in [0.5, 0.6) is 0 Å². The molecule has 1 aliphatic carbocycles. The number of epoxide rings is 2. The Labute approximate surface area is 160 Å². The highest BCUT2D eigenvalue weighted by Crippen LogP contribution is 2.49. The zero-order valence-corrected chi connectivity index (χ0v) is 15.1. The number of amidine groups is 1. The van der Waals surface area contributed by atoms with Crippen molar-refractivity contribution in [3.63, 3.8) is 0 Å². The first kappa shape index (κ1) is 18.8. The molecule has 4 rings (SSSR count). The summed E-state index contributed by atoms with van der Waals surface area (Å²) in [4.78, 5) is 53.8. The van der Waals surface area contributed by atoms with Gasteiger partial charge in [0.2, 0.25) is 17.7 Å². The number of hydrogen-bond donors (Lipinski definition) is 4. The summed E-state index contributed by atoms with van der Waals surface area (Å²) in [5, 5.41) is 15.0. The van der Waals surface area contributed by atoms with Gasteiger partial charge in [-0.05, 0) is 12.8 Å². The topological polar surface area (TPSA) is 176 Å². The molecule has 0 aromatic heterocycles. The number of carbonyl (C=O) groups is 4. The first-order valence-electron chi connectivity index (χ1n) is 9.22. The van der Waals surface area contributed by atoms with Crippen LogP contribution >= 0.6 is 0 Å². The molecule has 28 heavy (non-hydrogen) atoms. The summed E-state index contributed by atoms with van der Waals surface area (Å²) in [7, 11) is 0. The van der Waals surface area contributed by atoms with Crippen LogP contribution in [0.1, 0.15) is 12.8 Å². The molecular formula is C17H22N4O7. The minimum absolute atomic E-state index is 0.0890. The Morgan fingerprint density at radius 1 is 1.21 bits per heavy atom. The van der Waals surface area contributed by atoms with E-state index in [1.165, 1.54) is 0 Å². The van der Waals surface area contributed by atoms with E-state index in [1.807, 2.05) is 0 Å². The number of ether oxygens (including phenoxy) is 2. The smallest absolute Gasteiger partial charge is 0.318 e. The molecule has 11 nitrogen and oxygen atoms in total. The Balaban J connectivity index is 1.67.